The minimum Gasteiger partial charge on any atom is -0.481 e. The Labute approximate surface area is 249 Å². The number of hydrogen-bond acceptors (Lipinski definition) is 11. The van der Waals surface area contributed by atoms with Crippen LogP contribution >= 0.6 is 0 Å². The molecule has 1 aromatic heterocycles. The molecule has 0 aliphatic carbocycles. The van der Waals surface area contributed by atoms with Gasteiger partial charge in [0.15, 0.2) is 5.82 Å². The van der Waals surface area contributed by atoms with E-state index in [1.165, 1.54) is 9.96 Å². The van der Waals surface area contributed by atoms with Crippen LogP contribution in [0.5, 0.6) is 0 Å². The highest BCUT2D eigenvalue weighted by molar-refractivity contribution is 5.97. The van der Waals surface area contributed by atoms with Gasteiger partial charge in [-0.3, -0.25) is 14.4 Å². The first-order valence-corrected chi connectivity index (χ1v) is 14.4. The van der Waals surface area contributed by atoms with E-state index in [-0.39, 0.29) is 57.4 Å². The van der Waals surface area contributed by atoms with Crippen LogP contribution in [0.1, 0.15) is 43.1 Å². The summed E-state index contributed by atoms with van der Waals surface area (Å²) in [6, 6.07) is 9.87. The molecule has 43 heavy (non-hydrogen) atoms. The first-order valence-electron chi connectivity index (χ1n) is 14.4. The molecule has 3 heterocycles. The quantitative estimate of drug-likeness (QED) is 0.342. The van der Waals surface area contributed by atoms with Crippen molar-refractivity contribution >= 4 is 29.8 Å². The predicted molar refractivity (Wildman–Crippen MR) is 154 cm³/mol. The van der Waals surface area contributed by atoms with Gasteiger partial charge in [-0.2, -0.15) is 0 Å². The van der Waals surface area contributed by atoms with Crippen molar-refractivity contribution in [1.82, 2.24) is 25.2 Å². The van der Waals surface area contributed by atoms with Crippen LogP contribution in [0.15, 0.2) is 36.4 Å². The third-order valence-electron chi connectivity index (χ3n) is 7.27. The van der Waals surface area contributed by atoms with Crippen molar-refractivity contribution in [1.29, 1.82) is 0 Å². The summed E-state index contributed by atoms with van der Waals surface area (Å²) in [4.78, 5) is 68.2. The molecule has 0 spiro atoms. The highest BCUT2D eigenvalue weighted by atomic mass is 16.8. The summed E-state index contributed by atoms with van der Waals surface area (Å²) < 4.78 is 10.2. The summed E-state index contributed by atoms with van der Waals surface area (Å²) in [5.41, 5.74) is 0.787. The Bertz CT molecular complexity index is 1270. The van der Waals surface area contributed by atoms with Crippen molar-refractivity contribution < 1.29 is 38.6 Å². The van der Waals surface area contributed by atoms with Crippen molar-refractivity contribution in [3.63, 3.8) is 0 Å². The molecule has 14 nitrogen and oxygen atoms in total. The van der Waals surface area contributed by atoms with Gasteiger partial charge in [-0.25, -0.2) is 14.8 Å². The fourth-order valence-corrected chi connectivity index (χ4v) is 5.14. The lowest BCUT2D eigenvalue weighted by molar-refractivity contribution is -0.157. The number of carbonyl (C=O) groups excluding carboxylic acids is 3. The Kier molecular flexibility index (Phi) is 11.2. The third kappa shape index (κ3) is 8.61. The molecule has 0 bridgehead atoms. The van der Waals surface area contributed by atoms with Gasteiger partial charge < -0.3 is 34.5 Å². The van der Waals surface area contributed by atoms with Gasteiger partial charge in [-0.15, -0.1) is 5.06 Å². The van der Waals surface area contributed by atoms with E-state index in [9.17, 15) is 24.3 Å². The molecular formula is C29H38N6O8. The highest BCUT2D eigenvalue weighted by Crippen LogP contribution is 2.27. The Morgan fingerprint density at radius 1 is 1.07 bits per heavy atom. The van der Waals surface area contributed by atoms with Crippen molar-refractivity contribution in [3.05, 3.63) is 42.1 Å². The van der Waals surface area contributed by atoms with Crippen molar-refractivity contribution in [2.45, 2.75) is 44.7 Å². The molecule has 2 amide bonds. The van der Waals surface area contributed by atoms with Crippen molar-refractivity contribution in [2.75, 3.05) is 57.9 Å². The molecule has 0 saturated carbocycles. The number of carboxylic acid groups (broad SMARTS) is 1. The number of hydrogen-bond donors (Lipinski definition) is 2. The summed E-state index contributed by atoms with van der Waals surface area (Å²) in [5.74, 6) is -1.20. The summed E-state index contributed by atoms with van der Waals surface area (Å²) in [7, 11) is 1.65. The van der Waals surface area contributed by atoms with Crippen LogP contribution < -0.4 is 10.2 Å². The fourth-order valence-electron chi connectivity index (χ4n) is 5.14. The SMILES string of the molecule is CCOC(=O)ON1CCN(C(=O)[C@H](CCC(=O)O)NC(=O)c2cc(N3CCC[C@@H]3COC)nc(-c3ccccc3)n2)CC1. The summed E-state index contributed by atoms with van der Waals surface area (Å²) >= 11 is 0. The van der Waals surface area contributed by atoms with E-state index in [2.05, 4.69) is 15.2 Å². The van der Waals surface area contributed by atoms with E-state index in [4.69, 9.17) is 19.3 Å². The molecule has 2 aliphatic rings. The lowest BCUT2D eigenvalue weighted by atomic mass is 10.1. The molecule has 4 rings (SSSR count). The largest absolute Gasteiger partial charge is 0.527 e. The average molecular weight is 599 g/mol. The number of hydroxylamine groups is 2. The second kappa shape index (κ2) is 15.3. The molecule has 232 valence electrons. The number of aromatic nitrogens is 2. The van der Waals surface area contributed by atoms with E-state index < -0.39 is 30.0 Å². The van der Waals surface area contributed by atoms with Crippen molar-refractivity contribution in [3.8, 4) is 11.4 Å². The van der Waals surface area contributed by atoms with Gasteiger partial charge >= 0.3 is 12.1 Å². The monoisotopic (exact) mass is 598 g/mol. The number of amides is 2. The number of carboxylic acids is 1. The smallest absolute Gasteiger partial charge is 0.481 e. The lowest BCUT2D eigenvalue weighted by Gasteiger charge is -2.35. The van der Waals surface area contributed by atoms with E-state index in [0.29, 0.717) is 18.2 Å². The van der Waals surface area contributed by atoms with Crippen LogP contribution in [0.25, 0.3) is 11.4 Å². The normalized spacial score (nSPS) is 17.8. The van der Waals surface area contributed by atoms with Crippen LogP contribution in [0.4, 0.5) is 10.6 Å². The second-order valence-electron chi connectivity index (χ2n) is 10.2. The van der Waals surface area contributed by atoms with Gasteiger partial charge in [0.05, 0.1) is 32.3 Å². The molecule has 2 fully saturated rings. The number of aliphatic carboxylic acids is 1. The zero-order valence-electron chi connectivity index (χ0n) is 24.4. The number of benzene rings is 1. The first-order chi connectivity index (χ1) is 20.8. The van der Waals surface area contributed by atoms with Gasteiger partial charge in [-0.1, -0.05) is 30.3 Å². The Balaban J connectivity index is 1.54. The standard InChI is InChI=1S/C29H38N6O8/c1-3-42-29(40)43-34-16-14-33(15-17-34)28(39)22(11-12-25(36)37)31-27(38)23-18-24(35-13-7-10-21(35)19-41-2)32-26(30-23)20-8-5-4-6-9-20/h4-6,8-9,18,21-22H,3,7,10-17,19H2,1-2H3,(H,31,38)(H,36,37)/t21-,22+/m1/s1. The number of anilines is 1. The number of nitrogens with one attached hydrogen (secondary N) is 1. The van der Waals surface area contributed by atoms with Crippen LogP contribution in [-0.2, 0) is 23.9 Å². The molecule has 2 aliphatic heterocycles. The lowest BCUT2D eigenvalue weighted by Crippen LogP contribution is -2.55. The number of nitrogens with zero attached hydrogens (tertiary/aromatic N) is 5. The molecule has 2 N–H and O–H groups in total. The summed E-state index contributed by atoms with van der Waals surface area (Å²) in [5, 5.41) is 13.4. The zero-order valence-corrected chi connectivity index (χ0v) is 24.4. The van der Waals surface area contributed by atoms with E-state index in [0.717, 1.165) is 24.9 Å². The minimum absolute atomic E-state index is 0.0627. The third-order valence-corrected chi connectivity index (χ3v) is 7.27. The van der Waals surface area contributed by atoms with Crippen LogP contribution in [0, 0.1) is 0 Å². The Hall–Kier alpha value is -4.30. The molecule has 2 atom stereocenters. The number of rotatable bonds is 12. The van der Waals surface area contributed by atoms with Gasteiger partial charge in [0.25, 0.3) is 5.91 Å². The maximum atomic E-state index is 13.6. The molecule has 1 aromatic carbocycles. The molecule has 2 saturated heterocycles. The van der Waals surface area contributed by atoms with Crippen LogP contribution in [0.2, 0.25) is 0 Å². The van der Waals surface area contributed by atoms with Gasteiger partial charge in [0.2, 0.25) is 5.91 Å². The Morgan fingerprint density at radius 2 is 1.81 bits per heavy atom. The van der Waals surface area contributed by atoms with E-state index in [1.807, 2.05) is 30.3 Å². The van der Waals surface area contributed by atoms with E-state index in [1.54, 1.807) is 20.1 Å². The van der Waals surface area contributed by atoms with E-state index >= 15 is 0 Å². The van der Waals surface area contributed by atoms with Crippen LogP contribution in [-0.4, -0.2) is 114 Å². The molecule has 14 heteroatoms. The number of carbonyl (C=O) groups is 4. The molecular weight excluding hydrogens is 560 g/mol. The minimum atomic E-state index is -1.10. The number of piperazine rings is 1. The predicted octanol–water partition coefficient (Wildman–Crippen LogP) is 1.95. The van der Waals surface area contributed by atoms with Gasteiger partial charge in [-0.05, 0) is 26.2 Å². The number of methoxy groups -OCH3 is 1. The molecule has 0 unspecified atom stereocenters. The van der Waals surface area contributed by atoms with Crippen LogP contribution in [0.3, 0.4) is 0 Å². The fraction of sp³-hybridized carbons (Fsp3) is 0.517. The summed E-state index contributed by atoms with van der Waals surface area (Å²) in [6.07, 6.45) is 0.619. The average Bonchev–Trinajstić information content (AvgIpc) is 3.48. The Morgan fingerprint density at radius 3 is 2.49 bits per heavy atom. The maximum absolute atomic E-state index is 13.6. The zero-order chi connectivity index (χ0) is 30.8. The maximum Gasteiger partial charge on any atom is 0.527 e. The van der Waals surface area contributed by atoms with Gasteiger partial charge in [0, 0.05) is 44.8 Å². The highest BCUT2D eigenvalue weighted by Gasteiger charge is 2.32. The van der Waals surface area contributed by atoms with Gasteiger partial charge in [0.1, 0.15) is 17.6 Å². The van der Waals surface area contributed by atoms with Crippen molar-refractivity contribution in [2.24, 2.45) is 0 Å². The number of ether oxygens (including phenoxy) is 2. The first kappa shape index (κ1) is 31.6. The second-order valence-corrected chi connectivity index (χ2v) is 10.2. The summed E-state index contributed by atoms with van der Waals surface area (Å²) in [6.45, 7) is 3.98. The molecule has 0 radical (unpaired) electrons. The topological polar surface area (TPSA) is 164 Å². The molecule has 2 aromatic rings.